The molecule has 1 unspecified atom stereocenters. The number of halogens is 3. The van der Waals surface area contributed by atoms with Gasteiger partial charge in [0.25, 0.3) is 5.72 Å². The molecule has 6 nitrogen and oxygen atoms in total. The third-order valence-corrected chi connectivity index (χ3v) is 5.81. The highest BCUT2D eigenvalue weighted by Gasteiger charge is 2.62. The summed E-state index contributed by atoms with van der Waals surface area (Å²) in [6.07, 6.45) is -5.67. The van der Waals surface area contributed by atoms with Gasteiger partial charge in [0.1, 0.15) is 11.5 Å². The van der Waals surface area contributed by atoms with Gasteiger partial charge < -0.3 is 14.6 Å². The third-order valence-electron chi connectivity index (χ3n) is 5.00. The molecule has 0 amide bonds. The molecule has 1 aromatic heterocycles. The molecule has 0 aliphatic carbocycles. The maximum Gasteiger partial charge on any atom is 0.438 e. The van der Waals surface area contributed by atoms with E-state index in [1.165, 1.54) is 0 Å². The molecule has 0 bridgehead atoms. The number of methoxy groups -OCH3 is 1. The van der Waals surface area contributed by atoms with Crippen LogP contribution in [0.1, 0.15) is 18.9 Å². The largest absolute Gasteiger partial charge is 0.497 e. The fraction of sp³-hybridized carbons (Fsp3) is 0.273. The second-order valence-corrected chi connectivity index (χ2v) is 7.89. The number of hydrazone groups is 1. The molecule has 4 rings (SSSR count). The van der Waals surface area contributed by atoms with Crippen LogP contribution in [0.25, 0.3) is 11.3 Å². The van der Waals surface area contributed by atoms with Gasteiger partial charge in [-0.25, -0.2) is 4.98 Å². The minimum Gasteiger partial charge on any atom is -0.497 e. The van der Waals surface area contributed by atoms with Crippen molar-refractivity contribution in [3.05, 3.63) is 59.5 Å². The normalized spacial score (nSPS) is 18.6. The van der Waals surface area contributed by atoms with Gasteiger partial charge in [-0.3, -0.25) is 0 Å². The molecule has 1 atom stereocenters. The van der Waals surface area contributed by atoms with Crippen molar-refractivity contribution in [2.45, 2.75) is 25.2 Å². The fourth-order valence-corrected chi connectivity index (χ4v) is 4.14. The average Bonchev–Trinajstić information content (AvgIpc) is 3.40. The topological polar surface area (TPSA) is 67.2 Å². The number of anilines is 1. The summed E-state index contributed by atoms with van der Waals surface area (Å²) in [6, 6.07) is 13.5. The zero-order chi connectivity index (χ0) is 22.9. The lowest BCUT2D eigenvalue weighted by molar-refractivity contribution is -0.254. The molecule has 1 N–H and O–H groups in total. The van der Waals surface area contributed by atoms with E-state index in [0.717, 1.165) is 11.3 Å². The van der Waals surface area contributed by atoms with Crippen molar-refractivity contribution in [1.82, 2.24) is 4.98 Å². The van der Waals surface area contributed by atoms with Crippen LogP contribution in [0.2, 0.25) is 0 Å². The lowest BCUT2D eigenvalue weighted by Crippen LogP contribution is -2.55. The Kier molecular flexibility index (Phi) is 5.83. The van der Waals surface area contributed by atoms with Gasteiger partial charge in [0.2, 0.25) is 5.13 Å². The van der Waals surface area contributed by atoms with E-state index in [9.17, 15) is 18.3 Å². The van der Waals surface area contributed by atoms with Crippen molar-refractivity contribution in [2.24, 2.45) is 5.10 Å². The van der Waals surface area contributed by atoms with Crippen LogP contribution < -0.4 is 14.5 Å². The fourth-order valence-electron chi connectivity index (χ4n) is 3.29. The summed E-state index contributed by atoms with van der Waals surface area (Å²) in [5.74, 6) is 1.25. The molecular formula is C22H20F3N3O3S. The van der Waals surface area contributed by atoms with Gasteiger partial charge in [0.05, 0.1) is 31.5 Å². The van der Waals surface area contributed by atoms with Crippen LogP contribution in [-0.4, -0.2) is 41.4 Å². The summed E-state index contributed by atoms with van der Waals surface area (Å²) < 4.78 is 52.3. The number of nitrogens with zero attached hydrogens (tertiary/aromatic N) is 3. The van der Waals surface area contributed by atoms with E-state index in [0.29, 0.717) is 39.9 Å². The van der Waals surface area contributed by atoms with E-state index in [1.54, 1.807) is 61.0 Å². The summed E-state index contributed by atoms with van der Waals surface area (Å²) in [4.78, 5) is 4.31. The van der Waals surface area contributed by atoms with Crippen molar-refractivity contribution in [3.8, 4) is 22.8 Å². The first kappa shape index (κ1) is 22.1. The number of hydrogen-bond acceptors (Lipinski definition) is 7. The summed E-state index contributed by atoms with van der Waals surface area (Å²) in [7, 11) is 1.54. The molecule has 32 heavy (non-hydrogen) atoms. The van der Waals surface area contributed by atoms with Gasteiger partial charge in [-0.15, -0.1) is 11.3 Å². The van der Waals surface area contributed by atoms with Crippen LogP contribution >= 0.6 is 11.3 Å². The van der Waals surface area contributed by atoms with Crippen LogP contribution in [0.15, 0.2) is 59.0 Å². The van der Waals surface area contributed by atoms with Gasteiger partial charge in [0, 0.05) is 10.9 Å². The number of rotatable bonds is 6. The van der Waals surface area contributed by atoms with Gasteiger partial charge in [-0.1, -0.05) is 0 Å². The number of hydrogen-bond donors (Lipinski definition) is 1. The van der Waals surface area contributed by atoms with Crippen LogP contribution in [0, 0.1) is 0 Å². The smallest absolute Gasteiger partial charge is 0.438 e. The van der Waals surface area contributed by atoms with E-state index in [1.807, 2.05) is 6.92 Å². The molecule has 10 heteroatoms. The first-order valence-electron chi connectivity index (χ1n) is 9.75. The first-order valence-corrected chi connectivity index (χ1v) is 10.6. The SMILES string of the molecule is CCOc1ccc(C2=NN(c3nc(-c4ccc(OC)cc4)cs3)C(O)(C(F)(F)F)C2)cc1. The van der Waals surface area contributed by atoms with Crippen LogP contribution in [-0.2, 0) is 0 Å². The number of benzene rings is 2. The highest BCUT2D eigenvalue weighted by atomic mass is 32.1. The Hall–Kier alpha value is -3.11. The number of ether oxygens (including phenoxy) is 2. The number of aliphatic hydroxyl groups is 1. The van der Waals surface area contributed by atoms with E-state index in [4.69, 9.17) is 9.47 Å². The Morgan fingerprint density at radius 2 is 1.69 bits per heavy atom. The lowest BCUT2D eigenvalue weighted by atomic mass is 10.0. The van der Waals surface area contributed by atoms with Crippen molar-refractivity contribution in [3.63, 3.8) is 0 Å². The number of aromatic nitrogens is 1. The minimum absolute atomic E-state index is 0.0587. The Morgan fingerprint density at radius 1 is 1.06 bits per heavy atom. The molecule has 0 saturated carbocycles. The van der Waals surface area contributed by atoms with Crippen LogP contribution in [0.4, 0.5) is 18.3 Å². The zero-order valence-electron chi connectivity index (χ0n) is 17.3. The highest BCUT2D eigenvalue weighted by molar-refractivity contribution is 7.14. The van der Waals surface area contributed by atoms with Gasteiger partial charge >= 0.3 is 6.18 Å². The number of alkyl halides is 3. The van der Waals surface area contributed by atoms with E-state index in [-0.39, 0.29) is 10.8 Å². The Morgan fingerprint density at radius 3 is 2.28 bits per heavy atom. The second kappa shape index (κ2) is 8.44. The summed E-state index contributed by atoms with van der Waals surface area (Å²) in [6.45, 7) is 2.31. The molecule has 2 aromatic carbocycles. The van der Waals surface area contributed by atoms with E-state index >= 15 is 0 Å². The molecule has 3 aromatic rings. The molecule has 0 spiro atoms. The summed E-state index contributed by atoms with van der Waals surface area (Å²) in [5, 5.41) is 16.9. The Bertz CT molecular complexity index is 1110. The van der Waals surface area contributed by atoms with Crippen LogP contribution in [0.5, 0.6) is 11.5 Å². The second-order valence-electron chi connectivity index (χ2n) is 7.05. The predicted molar refractivity (Wildman–Crippen MR) is 116 cm³/mol. The number of thiazole rings is 1. The van der Waals surface area contributed by atoms with Crippen molar-refractivity contribution in [1.29, 1.82) is 0 Å². The molecule has 1 aliphatic rings. The van der Waals surface area contributed by atoms with E-state index < -0.39 is 18.3 Å². The molecule has 168 valence electrons. The molecule has 2 heterocycles. The Labute approximate surface area is 186 Å². The molecule has 0 saturated heterocycles. The van der Waals surface area contributed by atoms with Crippen LogP contribution in [0.3, 0.4) is 0 Å². The van der Waals surface area contributed by atoms with Crippen molar-refractivity contribution in [2.75, 3.05) is 18.7 Å². The highest BCUT2D eigenvalue weighted by Crippen LogP contribution is 2.45. The van der Waals surface area contributed by atoms with E-state index in [2.05, 4.69) is 10.1 Å². The molecule has 0 fully saturated rings. The van der Waals surface area contributed by atoms with Crippen molar-refractivity contribution < 1.29 is 27.8 Å². The lowest BCUT2D eigenvalue weighted by Gasteiger charge is -2.32. The monoisotopic (exact) mass is 463 g/mol. The zero-order valence-corrected chi connectivity index (χ0v) is 18.1. The Balaban J connectivity index is 1.68. The quantitative estimate of drug-likeness (QED) is 0.552. The van der Waals surface area contributed by atoms with Gasteiger partial charge in [-0.05, 0) is 61.0 Å². The first-order chi connectivity index (χ1) is 15.2. The molecule has 0 radical (unpaired) electrons. The van der Waals surface area contributed by atoms with Gasteiger partial charge in [0.15, 0.2) is 0 Å². The molecular weight excluding hydrogens is 443 g/mol. The molecule has 1 aliphatic heterocycles. The van der Waals surface area contributed by atoms with Gasteiger partial charge in [-0.2, -0.15) is 23.3 Å². The maximum atomic E-state index is 13.9. The average molecular weight is 463 g/mol. The summed E-state index contributed by atoms with van der Waals surface area (Å²) in [5.41, 5.74) is -1.45. The maximum absolute atomic E-state index is 13.9. The summed E-state index contributed by atoms with van der Waals surface area (Å²) >= 11 is 0.973. The minimum atomic E-state index is -4.95. The van der Waals surface area contributed by atoms with Crippen molar-refractivity contribution >= 4 is 22.2 Å². The third kappa shape index (κ3) is 4.03. The standard InChI is InChI=1S/C22H20F3N3O3S/c1-3-31-17-10-6-14(7-11-17)18-12-21(29,22(23,24)25)28(27-18)20-26-19(13-32-20)15-4-8-16(30-2)9-5-15/h4-11,13,29H,3,12H2,1-2H3. The predicted octanol–water partition coefficient (Wildman–Crippen LogP) is 5.08.